The SMILES string of the molecule is C[C@@H]1CCc2c(sc3nc(S[C@@H](C)c4nc5ccccc5c(=O)[nH]4)nc(N)c23)C1. The number of nitrogen functional groups attached to an aromatic ring is 1. The largest absolute Gasteiger partial charge is 0.383 e. The van der Waals surface area contributed by atoms with E-state index in [1.54, 1.807) is 17.4 Å². The molecule has 8 heteroatoms. The molecule has 148 valence electrons. The number of fused-ring (bicyclic) bond motifs is 4. The number of thioether (sulfide) groups is 1. The lowest BCUT2D eigenvalue weighted by Crippen LogP contribution is -2.13. The highest BCUT2D eigenvalue weighted by Crippen LogP contribution is 2.41. The molecule has 0 bridgehead atoms. The van der Waals surface area contributed by atoms with E-state index in [1.165, 1.54) is 28.6 Å². The van der Waals surface area contributed by atoms with Gasteiger partial charge in [-0.15, -0.1) is 11.3 Å². The quantitative estimate of drug-likeness (QED) is 0.372. The average Bonchev–Trinajstić information content (AvgIpc) is 3.05. The number of thiophene rings is 1. The third-order valence-electron chi connectivity index (χ3n) is 5.46. The van der Waals surface area contributed by atoms with Gasteiger partial charge in [-0.3, -0.25) is 4.79 Å². The number of benzene rings is 1. The van der Waals surface area contributed by atoms with E-state index in [9.17, 15) is 4.79 Å². The van der Waals surface area contributed by atoms with Crippen LogP contribution in [0.5, 0.6) is 0 Å². The van der Waals surface area contributed by atoms with Crippen LogP contribution >= 0.6 is 23.1 Å². The van der Waals surface area contributed by atoms with Crippen molar-refractivity contribution in [1.82, 2.24) is 19.9 Å². The Morgan fingerprint density at radius 2 is 2.10 bits per heavy atom. The van der Waals surface area contributed by atoms with E-state index in [2.05, 4.69) is 21.9 Å². The Bertz CT molecular complexity index is 1300. The summed E-state index contributed by atoms with van der Waals surface area (Å²) in [6, 6.07) is 7.35. The topological polar surface area (TPSA) is 97.5 Å². The molecule has 3 N–H and O–H groups in total. The van der Waals surface area contributed by atoms with Crippen LogP contribution in [-0.4, -0.2) is 19.9 Å². The Morgan fingerprint density at radius 3 is 2.97 bits per heavy atom. The zero-order chi connectivity index (χ0) is 20.1. The fourth-order valence-electron chi connectivity index (χ4n) is 3.91. The first-order valence-corrected chi connectivity index (χ1v) is 11.4. The highest BCUT2D eigenvalue weighted by molar-refractivity contribution is 7.99. The lowest BCUT2D eigenvalue weighted by atomic mass is 9.89. The van der Waals surface area contributed by atoms with Crippen LogP contribution in [0.15, 0.2) is 34.2 Å². The smallest absolute Gasteiger partial charge is 0.258 e. The van der Waals surface area contributed by atoms with Gasteiger partial charge in [0.05, 0.1) is 21.5 Å². The second kappa shape index (κ2) is 7.11. The van der Waals surface area contributed by atoms with Gasteiger partial charge in [0.25, 0.3) is 5.56 Å². The summed E-state index contributed by atoms with van der Waals surface area (Å²) >= 11 is 3.20. The number of para-hydroxylation sites is 1. The van der Waals surface area contributed by atoms with Gasteiger partial charge in [-0.05, 0) is 49.8 Å². The van der Waals surface area contributed by atoms with Crippen LogP contribution < -0.4 is 11.3 Å². The van der Waals surface area contributed by atoms with Gasteiger partial charge < -0.3 is 10.7 Å². The molecule has 0 radical (unpaired) electrons. The van der Waals surface area contributed by atoms with Crippen LogP contribution in [0.3, 0.4) is 0 Å². The predicted octanol–water partition coefficient (Wildman–Crippen LogP) is 4.49. The third-order valence-corrected chi connectivity index (χ3v) is 7.58. The molecule has 2 atom stereocenters. The van der Waals surface area contributed by atoms with Crippen molar-refractivity contribution in [3.8, 4) is 0 Å². The second-order valence-corrected chi connectivity index (χ2v) is 10.0. The average molecular weight is 424 g/mol. The molecule has 0 unspecified atom stereocenters. The third kappa shape index (κ3) is 3.30. The molecule has 0 spiro atoms. The Hall–Kier alpha value is -2.45. The minimum atomic E-state index is -0.131. The van der Waals surface area contributed by atoms with Gasteiger partial charge in [-0.25, -0.2) is 15.0 Å². The van der Waals surface area contributed by atoms with Crippen LogP contribution in [0.25, 0.3) is 21.1 Å². The van der Waals surface area contributed by atoms with E-state index in [0.717, 1.165) is 23.1 Å². The standard InChI is InChI=1S/C21H21N5OS2/c1-10-7-8-13-15(9-10)29-20-16(13)17(22)24-21(26-20)28-11(2)18-23-14-6-4-3-5-12(14)19(27)25-18/h3-6,10-11H,7-9H2,1-2H3,(H2,22,24,26)(H,23,25,27)/t10-,11+/m1/s1. The van der Waals surface area contributed by atoms with Crippen molar-refractivity contribution in [3.63, 3.8) is 0 Å². The summed E-state index contributed by atoms with van der Waals surface area (Å²) in [5.41, 5.74) is 8.24. The second-order valence-electron chi connectivity index (χ2n) is 7.65. The first-order chi connectivity index (χ1) is 14.0. The van der Waals surface area contributed by atoms with E-state index >= 15 is 0 Å². The van der Waals surface area contributed by atoms with Gasteiger partial charge in [0.2, 0.25) is 0 Å². The van der Waals surface area contributed by atoms with Crippen LogP contribution in [-0.2, 0) is 12.8 Å². The molecule has 0 aliphatic heterocycles. The molecule has 4 aromatic rings. The van der Waals surface area contributed by atoms with Gasteiger partial charge in [-0.1, -0.05) is 30.8 Å². The molecule has 3 aromatic heterocycles. The van der Waals surface area contributed by atoms with Gasteiger partial charge in [0, 0.05) is 4.88 Å². The maximum Gasteiger partial charge on any atom is 0.258 e. The molecular weight excluding hydrogens is 402 g/mol. The zero-order valence-electron chi connectivity index (χ0n) is 16.2. The summed E-state index contributed by atoms with van der Waals surface area (Å²) < 4.78 is 0. The molecule has 0 amide bonds. The van der Waals surface area contributed by atoms with E-state index in [4.69, 9.17) is 10.7 Å². The molecule has 6 nitrogen and oxygen atoms in total. The summed E-state index contributed by atoms with van der Waals surface area (Å²) in [6.45, 7) is 4.28. The molecular formula is C21H21N5OS2. The number of aryl methyl sites for hydroxylation is 1. The number of aromatic nitrogens is 4. The highest BCUT2D eigenvalue weighted by atomic mass is 32.2. The zero-order valence-corrected chi connectivity index (χ0v) is 17.9. The molecule has 0 saturated heterocycles. The van der Waals surface area contributed by atoms with Crippen molar-refractivity contribution in [2.45, 2.75) is 43.5 Å². The number of nitrogens with zero attached hydrogens (tertiary/aromatic N) is 3. The van der Waals surface area contributed by atoms with Crippen LogP contribution in [0, 0.1) is 5.92 Å². The van der Waals surface area contributed by atoms with Crippen LogP contribution in [0.4, 0.5) is 5.82 Å². The van der Waals surface area contributed by atoms with Crippen molar-refractivity contribution in [2.75, 3.05) is 5.73 Å². The van der Waals surface area contributed by atoms with Gasteiger partial charge in [0.1, 0.15) is 16.5 Å². The first kappa shape index (κ1) is 18.6. The monoisotopic (exact) mass is 423 g/mol. The summed E-state index contributed by atoms with van der Waals surface area (Å²) in [5.74, 6) is 1.87. The molecule has 0 saturated carbocycles. The van der Waals surface area contributed by atoms with Crippen molar-refractivity contribution in [3.05, 3.63) is 50.9 Å². The molecule has 3 heterocycles. The number of H-pyrrole nitrogens is 1. The Labute approximate surface area is 176 Å². The maximum absolute atomic E-state index is 12.4. The summed E-state index contributed by atoms with van der Waals surface area (Å²) in [4.78, 5) is 31.6. The van der Waals surface area contributed by atoms with Crippen molar-refractivity contribution in [1.29, 1.82) is 0 Å². The van der Waals surface area contributed by atoms with Gasteiger partial charge >= 0.3 is 0 Å². The molecule has 1 aliphatic carbocycles. The van der Waals surface area contributed by atoms with Crippen LogP contribution in [0.1, 0.15) is 41.8 Å². The van der Waals surface area contributed by atoms with Crippen molar-refractivity contribution in [2.24, 2.45) is 5.92 Å². The molecule has 0 fully saturated rings. The van der Waals surface area contributed by atoms with Gasteiger partial charge in [-0.2, -0.15) is 0 Å². The first-order valence-electron chi connectivity index (χ1n) is 9.73. The van der Waals surface area contributed by atoms with E-state index in [0.29, 0.717) is 33.6 Å². The Balaban J connectivity index is 1.49. The number of rotatable bonds is 3. The number of anilines is 1. The molecule has 1 aliphatic rings. The fourth-order valence-corrected chi connectivity index (χ4v) is 6.20. The molecule has 1 aromatic carbocycles. The fraction of sp³-hybridized carbons (Fsp3) is 0.333. The summed E-state index contributed by atoms with van der Waals surface area (Å²) in [5, 5.41) is 2.13. The minimum Gasteiger partial charge on any atom is -0.383 e. The normalized spacial score (nSPS) is 17.5. The number of nitrogens with one attached hydrogen (secondary N) is 1. The van der Waals surface area contributed by atoms with E-state index in [1.807, 2.05) is 25.1 Å². The number of aromatic amines is 1. The predicted molar refractivity (Wildman–Crippen MR) is 120 cm³/mol. The number of nitrogens with two attached hydrogens (primary N) is 1. The maximum atomic E-state index is 12.4. The Morgan fingerprint density at radius 1 is 1.28 bits per heavy atom. The minimum absolute atomic E-state index is 0.112. The molecule has 29 heavy (non-hydrogen) atoms. The van der Waals surface area contributed by atoms with E-state index in [-0.39, 0.29) is 10.8 Å². The van der Waals surface area contributed by atoms with Crippen LogP contribution in [0.2, 0.25) is 0 Å². The van der Waals surface area contributed by atoms with Gasteiger partial charge in [0.15, 0.2) is 5.16 Å². The van der Waals surface area contributed by atoms with Crippen molar-refractivity contribution >= 4 is 50.0 Å². The lowest BCUT2D eigenvalue weighted by Gasteiger charge is -2.17. The number of hydrogen-bond donors (Lipinski definition) is 2. The molecule has 5 rings (SSSR count). The van der Waals surface area contributed by atoms with Crippen molar-refractivity contribution < 1.29 is 0 Å². The summed E-state index contributed by atoms with van der Waals surface area (Å²) in [6.07, 6.45) is 3.33. The Kier molecular flexibility index (Phi) is 4.55. The highest BCUT2D eigenvalue weighted by Gasteiger charge is 2.24. The lowest BCUT2D eigenvalue weighted by molar-refractivity contribution is 0.509. The van der Waals surface area contributed by atoms with E-state index < -0.39 is 0 Å². The summed E-state index contributed by atoms with van der Waals surface area (Å²) in [7, 11) is 0. The number of hydrogen-bond acceptors (Lipinski definition) is 7.